The third kappa shape index (κ3) is 5.16. The van der Waals surface area contributed by atoms with Crippen LogP contribution >= 0.6 is 11.6 Å². The maximum Gasteiger partial charge on any atom is 0.0700 e. The Hall–Kier alpha value is 0.170. The lowest BCUT2D eigenvalue weighted by Crippen LogP contribution is -2.32. The maximum atomic E-state index is 5.89. The van der Waals surface area contributed by atoms with E-state index in [-0.39, 0.29) is 0 Å². The van der Waals surface area contributed by atoms with Gasteiger partial charge in [-0.25, -0.2) is 0 Å². The van der Waals surface area contributed by atoms with Crippen molar-refractivity contribution in [1.29, 1.82) is 0 Å². The van der Waals surface area contributed by atoms with Crippen LogP contribution < -0.4 is 0 Å². The monoisotopic (exact) mass is 235 g/mol. The average molecular weight is 236 g/mol. The molecule has 1 unspecified atom stereocenters. The Balaban J connectivity index is 1.95. The van der Waals surface area contributed by atoms with E-state index in [0.29, 0.717) is 19.3 Å². The van der Waals surface area contributed by atoms with Gasteiger partial charge in [-0.2, -0.15) is 0 Å². The van der Waals surface area contributed by atoms with Crippen molar-refractivity contribution >= 4 is 11.6 Å². The van der Waals surface area contributed by atoms with Gasteiger partial charge in [0.1, 0.15) is 0 Å². The Kier molecular flexibility index (Phi) is 7.36. The topological polar surface area (TPSA) is 21.7 Å². The number of hydrogen-bond acceptors (Lipinski definition) is 3. The Morgan fingerprint density at radius 3 is 2.93 bits per heavy atom. The number of ether oxygens (including phenoxy) is 2. The van der Waals surface area contributed by atoms with Gasteiger partial charge in [0, 0.05) is 32.2 Å². The molecule has 1 heterocycles. The summed E-state index contributed by atoms with van der Waals surface area (Å²) in [5, 5.41) is 0. The Morgan fingerprint density at radius 1 is 1.33 bits per heavy atom. The van der Waals surface area contributed by atoms with E-state index in [1.165, 1.54) is 19.4 Å². The molecule has 0 amide bonds. The molecule has 0 bridgehead atoms. The molecule has 90 valence electrons. The molecular weight excluding hydrogens is 214 g/mol. The molecule has 0 N–H and O–H groups in total. The predicted octanol–water partition coefficient (Wildman–Crippen LogP) is 1.74. The Bertz CT molecular complexity index is 158. The van der Waals surface area contributed by atoms with Gasteiger partial charge in [0.05, 0.1) is 13.2 Å². The van der Waals surface area contributed by atoms with E-state index in [9.17, 15) is 0 Å². The molecule has 1 aliphatic rings. The lowest BCUT2D eigenvalue weighted by molar-refractivity contribution is 0.0650. The molecule has 3 nitrogen and oxygen atoms in total. The van der Waals surface area contributed by atoms with Crippen LogP contribution in [0.15, 0.2) is 0 Å². The van der Waals surface area contributed by atoms with Gasteiger partial charge in [0.2, 0.25) is 0 Å². The van der Waals surface area contributed by atoms with Crippen molar-refractivity contribution in [2.45, 2.75) is 25.3 Å². The van der Waals surface area contributed by atoms with Crippen LogP contribution in [0.3, 0.4) is 0 Å². The second kappa shape index (κ2) is 8.34. The summed E-state index contributed by atoms with van der Waals surface area (Å²) in [6, 6.07) is 0.602. The van der Waals surface area contributed by atoms with Crippen LogP contribution in [0, 0.1) is 0 Å². The summed E-state index contributed by atoms with van der Waals surface area (Å²) in [6.07, 6.45) is 3.65. The fourth-order valence-electron chi connectivity index (χ4n) is 1.98. The molecule has 1 saturated heterocycles. The summed E-state index contributed by atoms with van der Waals surface area (Å²) in [4.78, 5) is 2.48. The fraction of sp³-hybridized carbons (Fsp3) is 1.00. The Morgan fingerprint density at radius 2 is 2.20 bits per heavy atom. The van der Waals surface area contributed by atoms with Crippen LogP contribution in [0.5, 0.6) is 0 Å². The highest BCUT2D eigenvalue weighted by Gasteiger charge is 2.22. The van der Waals surface area contributed by atoms with Crippen LogP contribution in [-0.4, -0.2) is 56.8 Å². The highest BCUT2D eigenvalue weighted by molar-refractivity contribution is 6.18. The van der Waals surface area contributed by atoms with E-state index >= 15 is 0 Å². The van der Waals surface area contributed by atoms with Gasteiger partial charge >= 0.3 is 0 Å². The summed E-state index contributed by atoms with van der Waals surface area (Å²) < 4.78 is 10.3. The predicted molar refractivity (Wildman–Crippen MR) is 62.6 cm³/mol. The average Bonchev–Trinajstić information content (AvgIpc) is 2.70. The minimum atomic E-state index is 0.602. The first-order chi connectivity index (χ1) is 7.38. The Labute approximate surface area is 97.7 Å². The van der Waals surface area contributed by atoms with E-state index in [1.54, 1.807) is 7.11 Å². The van der Waals surface area contributed by atoms with Gasteiger partial charge in [0.15, 0.2) is 0 Å². The van der Waals surface area contributed by atoms with Crippen LogP contribution in [-0.2, 0) is 9.47 Å². The number of likely N-dealkylation sites (tertiary alicyclic amines) is 1. The second-order valence-corrected chi connectivity index (χ2v) is 4.25. The molecule has 0 radical (unpaired) electrons. The van der Waals surface area contributed by atoms with E-state index in [0.717, 1.165) is 25.5 Å². The molecule has 15 heavy (non-hydrogen) atoms. The van der Waals surface area contributed by atoms with Gasteiger partial charge in [0.25, 0.3) is 0 Å². The summed E-state index contributed by atoms with van der Waals surface area (Å²) >= 11 is 5.89. The SMILES string of the molecule is COCCOCCCN1CCCC1CCl. The third-order valence-corrected chi connectivity index (χ3v) is 3.20. The lowest BCUT2D eigenvalue weighted by atomic mass is 10.2. The van der Waals surface area contributed by atoms with Crippen molar-refractivity contribution in [3.63, 3.8) is 0 Å². The minimum absolute atomic E-state index is 0.602. The molecule has 0 aliphatic carbocycles. The molecule has 0 spiro atoms. The molecular formula is C11H22ClNO2. The third-order valence-electron chi connectivity index (χ3n) is 2.84. The molecule has 1 atom stereocenters. The number of nitrogens with zero attached hydrogens (tertiary/aromatic N) is 1. The zero-order valence-electron chi connectivity index (χ0n) is 9.58. The highest BCUT2D eigenvalue weighted by Crippen LogP contribution is 2.18. The molecule has 0 aromatic rings. The number of rotatable bonds is 8. The van der Waals surface area contributed by atoms with Crippen LogP contribution in [0.1, 0.15) is 19.3 Å². The number of methoxy groups -OCH3 is 1. The highest BCUT2D eigenvalue weighted by atomic mass is 35.5. The van der Waals surface area contributed by atoms with Crippen molar-refractivity contribution in [2.75, 3.05) is 45.9 Å². The molecule has 1 aliphatic heterocycles. The summed E-state index contributed by atoms with van der Waals surface area (Å²) in [7, 11) is 1.69. The summed E-state index contributed by atoms with van der Waals surface area (Å²) in [6.45, 7) is 4.54. The zero-order valence-corrected chi connectivity index (χ0v) is 10.3. The molecule has 0 aromatic carbocycles. The van der Waals surface area contributed by atoms with E-state index in [2.05, 4.69) is 4.90 Å². The number of alkyl halides is 1. The van der Waals surface area contributed by atoms with Gasteiger partial charge in [-0.3, -0.25) is 4.90 Å². The first-order valence-corrected chi connectivity index (χ1v) is 6.28. The summed E-state index contributed by atoms with van der Waals surface area (Å²) in [5.41, 5.74) is 0. The lowest BCUT2D eigenvalue weighted by Gasteiger charge is -2.22. The van der Waals surface area contributed by atoms with Crippen LogP contribution in [0.2, 0.25) is 0 Å². The summed E-state index contributed by atoms with van der Waals surface area (Å²) in [5.74, 6) is 0.768. The van der Waals surface area contributed by atoms with Crippen molar-refractivity contribution in [1.82, 2.24) is 4.90 Å². The molecule has 1 rings (SSSR count). The molecule has 0 aromatic heterocycles. The van der Waals surface area contributed by atoms with E-state index < -0.39 is 0 Å². The van der Waals surface area contributed by atoms with E-state index in [1.807, 2.05) is 0 Å². The van der Waals surface area contributed by atoms with Crippen molar-refractivity contribution < 1.29 is 9.47 Å². The van der Waals surface area contributed by atoms with Gasteiger partial charge in [-0.1, -0.05) is 0 Å². The smallest absolute Gasteiger partial charge is 0.0700 e. The number of hydrogen-bond donors (Lipinski definition) is 0. The standard InChI is InChI=1S/C11H22ClNO2/c1-14-8-9-15-7-3-6-13-5-2-4-11(13)10-12/h11H,2-10H2,1H3. The fourth-order valence-corrected chi connectivity index (χ4v) is 2.33. The van der Waals surface area contributed by atoms with Crippen molar-refractivity contribution in [3.05, 3.63) is 0 Å². The normalized spacial score (nSPS) is 22.4. The second-order valence-electron chi connectivity index (χ2n) is 3.95. The van der Waals surface area contributed by atoms with E-state index in [4.69, 9.17) is 21.1 Å². The van der Waals surface area contributed by atoms with Crippen LogP contribution in [0.25, 0.3) is 0 Å². The largest absolute Gasteiger partial charge is 0.382 e. The van der Waals surface area contributed by atoms with Crippen molar-refractivity contribution in [2.24, 2.45) is 0 Å². The molecule has 4 heteroatoms. The number of halogens is 1. The first kappa shape index (κ1) is 13.2. The molecule has 0 saturated carbocycles. The zero-order chi connectivity index (χ0) is 10.9. The van der Waals surface area contributed by atoms with Gasteiger partial charge < -0.3 is 9.47 Å². The minimum Gasteiger partial charge on any atom is -0.382 e. The quantitative estimate of drug-likeness (QED) is 0.473. The van der Waals surface area contributed by atoms with Gasteiger partial charge in [-0.05, 0) is 25.8 Å². The first-order valence-electron chi connectivity index (χ1n) is 5.75. The van der Waals surface area contributed by atoms with Crippen molar-refractivity contribution in [3.8, 4) is 0 Å². The van der Waals surface area contributed by atoms with Gasteiger partial charge in [-0.15, -0.1) is 11.6 Å². The van der Waals surface area contributed by atoms with Crippen LogP contribution in [0.4, 0.5) is 0 Å². The maximum absolute atomic E-state index is 5.89. The molecule has 1 fully saturated rings.